The van der Waals surface area contributed by atoms with E-state index in [1.165, 1.54) is 11.3 Å². The minimum Gasteiger partial charge on any atom is -0.464 e. The quantitative estimate of drug-likeness (QED) is 0.858. The molecule has 0 aliphatic carbocycles. The van der Waals surface area contributed by atoms with Gasteiger partial charge < -0.3 is 10.1 Å². The van der Waals surface area contributed by atoms with Crippen molar-refractivity contribution in [2.75, 3.05) is 11.9 Å². The Kier molecular flexibility index (Phi) is 4.76. The van der Waals surface area contributed by atoms with Crippen LogP contribution < -0.4 is 5.32 Å². The number of halogens is 1. The second kappa shape index (κ2) is 6.54. The van der Waals surface area contributed by atoms with E-state index in [1.807, 2.05) is 17.5 Å². The van der Waals surface area contributed by atoms with Crippen LogP contribution in [0.15, 0.2) is 35.2 Å². The van der Waals surface area contributed by atoms with Gasteiger partial charge in [-0.3, -0.25) is 0 Å². The molecule has 1 N–H and O–H groups in total. The first-order valence-electron chi connectivity index (χ1n) is 5.78. The van der Waals surface area contributed by atoms with E-state index in [0.29, 0.717) is 23.0 Å². The predicted molar refractivity (Wildman–Crippen MR) is 76.6 cm³/mol. The summed E-state index contributed by atoms with van der Waals surface area (Å²) >= 11 is 7.51. The van der Waals surface area contributed by atoms with Crippen molar-refractivity contribution in [2.45, 2.75) is 13.0 Å². The van der Waals surface area contributed by atoms with Crippen LogP contribution in [0.1, 0.15) is 18.7 Å². The van der Waals surface area contributed by atoms with Gasteiger partial charge in [0.05, 0.1) is 28.5 Å². The molecule has 0 spiro atoms. The summed E-state index contributed by atoms with van der Waals surface area (Å²) in [6, 6.07) is 6.59. The fourth-order valence-electron chi connectivity index (χ4n) is 1.58. The molecule has 0 radical (unpaired) electrons. The molecule has 0 amide bonds. The molecule has 0 bridgehead atoms. The van der Waals surface area contributed by atoms with Crippen LogP contribution in [0.5, 0.6) is 0 Å². The Bertz CT molecular complexity index is 545. The van der Waals surface area contributed by atoms with Crippen molar-refractivity contribution in [1.29, 1.82) is 0 Å². The number of esters is 1. The third-order valence-electron chi connectivity index (χ3n) is 2.44. The van der Waals surface area contributed by atoms with Crippen LogP contribution in [0.2, 0.25) is 5.02 Å². The lowest BCUT2D eigenvalue weighted by atomic mass is 10.2. The largest absolute Gasteiger partial charge is 0.464 e. The molecule has 1 aromatic heterocycles. The fourth-order valence-corrected chi connectivity index (χ4v) is 2.35. The van der Waals surface area contributed by atoms with Crippen molar-refractivity contribution in [3.05, 3.63) is 45.9 Å². The maximum atomic E-state index is 12.0. The number of hydrogen-bond donors (Lipinski definition) is 1. The average Bonchev–Trinajstić information content (AvgIpc) is 2.91. The van der Waals surface area contributed by atoms with Gasteiger partial charge in [-0.2, -0.15) is 0 Å². The van der Waals surface area contributed by atoms with E-state index in [-0.39, 0.29) is 5.97 Å². The number of hydrogen-bond acceptors (Lipinski definition) is 5. The molecule has 2 rings (SSSR count). The van der Waals surface area contributed by atoms with Crippen LogP contribution in [0.4, 0.5) is 5.69 Å². The van der Waals surface area contributed by atoms with Gasteiger partial charge >= 0.3 is 5.97 Å². The Morgan fingerprint density at radius 2 is 2.32 bits per heavy atom. The molecular weight excluding hydrogens is 284 g/mol. The molecule has 0 fully saturated rings. The third-order valence-corrected chi connectivity index (χ3v) is 3.38. The van der Waals surface area contributed by atoms with Gasteiger partial charge in [-0.05, 0) is 19.1 Å². The van der Waals surface area contributed by atoms with E-state index in [4.69, 9.17) is 16.3 Å². The second-order valence-electron chi connectivity index (χ2n) is 3.72. The fraction of sp³-hybridized carbons (Fsp3) is 0.231. The van der Waals surface area contributed by atoms with E-state index in [2.05, 4.69) is 10.3 Å². The van der Waals surface area contributed by atoms with E-state index in [0.717, 1.165) is 0 Å². The zero-order valence-electron chi connectivity index (χ0n) is 10.3. The summed E-state index contributed by atoms with van der Waals surface area (Å²) in [5.74, 6) is -0.367. The lowest BCUT2D eigenvalue weighted by Crippen LogP contribution is -2.23. The van der Waals surface area contributed by atoms with Crippen molar-refractivity contribution in [3.8, 4) is 0 Å². The van der Waals surface area contributed by atoms with Gasteiger partial charge in [-0.25, -0.2) is 9.78 Å². The molecular formula is C13H13ClN2O2S. The molecule has 0 aliphatic heterocycles. The number of rotatable bonds is 5. The molecule has 100 valence electrons. The summed E-state index contributed by atoms with van der Waals surface area (Å²) in [5, 5.41) is 5.43. The van der Waals surface area contributed by atoms with Crippen molar-refractivity contribution in [2.24, 2.45) is 0 Å². The SMILES string of the molecule is CCOC(=O)C(Nc1ccccc1Cl)c1cscn1. The third kappa shape index (κ3) is 3.45. The van der Waals surface area contributed by atoms with E-state index >= 15 is 0 Å². The lowest BCUT2D eigenvalue weighted by Gasteiger charge is -2.17. The Morgan fingerprint density at radius 3 is 2.95 bits per heavy atom. The van der Waals surface area contributed by atoms with Crippen LogP contribution in [0.25, 0.3) is 0 Å². The summed E-state index contributed by atoms with van der Waals surface area (Å²) in [7, 11) is 0. The zero-order valence-corrected chi connectivity index (χ0v) is 11.9. The molecule has 1 heterocycles. The summed E-state index contributed by atoms with van der Waals surface area (Å²) in [6.45, 7) is 2.09. The monoisotopic (exact) mass is 296 g/mol. The molecule has 2 aromatic rings. The first kappa shape index (κ1) is 13.8. The van der Waals surface area contributed by atoms with Crippen LogP contribution in [-0.4, -0.2) is 17.6 Å². The average molecular weight is 297 g/mol. The predicted octanol–water partition coefficient (Wildman–Crippen LogP) is 3.51. The highest BCUT2D eigenvalue weighted by Gasteiger charge is 2.24. The zero-order chi connectivity index (χ0) is 13.7. The van der Waals surface area contributed by atoms with Gasteiger partial charge in [0.15, 0.2) is 6.04 Å². The molecule has 1 atom stereocenters. The summed E-state index contributed by atoms with van der Waals surface area (Å²) in [4.78, 5) is 16.2. The standard InChI is InChI=1S/C13H13ClN2O2S/c1-2-18-13(17)12(11-7-19-8-15-11)16-10-6-4-3-5-9(10)14/h3-8,12,16H,2H2,1H3. The molecule has 4 nitrogen and oxygen atoms in total. The number of benzene rings is 1. The normalized spacial score (nSPS) is 11.9. The van der Waals surface area contributed by atoms with Gasteiger partial charge in [0.25, 0.3) is 0 Å². The van der Waals surface area contributed by atoms with Crippen molar-refractivity contribution < 1.29 is 9.53 Å². The smallest absolute Gasteiger partial charge is 0.334 e. The number of nitrogens with zero attached hydrogens (tertiary/aromatic N) is 1. The van der Waals surface area contributed by atoms with Crippen molar-refractivity contribution in [1.82, 2.24) is 4.98 Å². The Hall–Kier alpha value is -1.59. The number of nitrogens with one attached hydrogen (secondary N) is 1. The molecule has 6 heteroatoms. The Balaban J connectivity index is 2.24. The highest BCUT2D eigenvalue weighted by Crippen LogP contribution is 2.26. The second-order valence-corrected chi connectivity index (χ2v) is 4.85. The summed E-state index contributed by atoms with van der Waals surface area (Å²) < 4.78 is 5.06. The van der Waals surface area contributed by atoms with Gasteiger partial charge in [0, 0.05) is 5.38 Å². The van der Waals surface area contributed by atoms with E-state index in [9.17, 15) is 4.79 Å². The summed E-state index contributed by atoms with van der Waals surface area (Å²) in [5.41, 5.74) is 2.98. The number of carbonyl (C=O) groups is 1. The Labute approximate surface area is 120 Å². The minimum absolute atomic E-state index is 0.323. The van der Waals surface area contributed by atoms with Crippen molar-refractivity contribution >= 4 is 34.6 Å². The topological polar surface area (TPSA) is 51.2 Å². The van der Waals surface area contributed by atoms with Crippen LogP contribution in [-0.2, 0) is 9.53 Å². The molecule has 0 saturated carbocycles. The first-order valence-corrected chi connectivity index (χ1v) is 7.10. The molecule has 1 unspecified atom stereocenters. The van der Waals surface area contributed by atoms with Gasteiger partial charge in [-0.1, -0.05) is 23.7 Å². The van der Waals surface area contributed by atoms with E-state index in [1.54, 1.807) is 24.6 Å². The van der Waals surface area contributed by atoms with Crippen LogP contribution in [0, 0.1) is 0 Å². The Morgan fingerprint density at radius 1 is 1.53 bits per heavy atom. The lowest BCUT2D eigenvalue weighted by molar-refractivity contribution is -0.144. The van der Waals surface area contributed by atoms with Crippen LogP contribution >= 0.6 is 22.9 Å². The summed E-state index contributed by atoms with van der Waals surface area (Å²) in [6.07, 6.45) is 0. The highest BCUT2D eigenvalue weighted by molar-refractivity contribution is 7.07. The molecule has 1 aromatic carbocycles. The number of carbonyl (C=O) groups excluding carboxylic acids is 1. The van der Waals surface area contributed by atoms with Gasteiger partial charge in [-0.15, -0.1) is 11.3 Å². The highest BCUT2D eigenvalue weighted by atomic mass is 35.5. The van der Waals surface area contributed by atoms with Gasteiger partial charge in [0.2, 0.25) is 0 Å². The number of aromatic nitrogens is 1. The number of para-hydroxylation sites is 1. The number of ether oxygens (including phenoxy) is 1. The minimum atomic E-state index is -0.647. The maximum Gasteiger partial charge on any atom is 0.334 e. The van der Waals surface area contributed by atoms with Crippen molar-refractivity contribution in [3.63, 3.8) is 0 Å². The first-order chi connectivity index (χ1) is 9.22. The van der Waals surface area contributed by atoms with Gasteiger partial charge in [0.1, 0.15) is 0 Å². The maximum absolute atomic E-state index is 12.0. The molecule has 0 aliphatic rings. The number of anilines is 1. The molecule has 0 saturated heterocycles. The van der Waals surface area contributed by atoms with Crippen LogP contribution in [0.3, 0.4) is 0 Å². The van der Waals surface area contributed by atoms with E-state index < -0.39 is 6.04 Å². The number of thiazole rings is 1. The molecule has 19 heavy (non-hydrogen) atoms.